The third-order valence-corrected chi connectivity index (χ3v) is 7.37. The number of para-hydroxylation sites is 4. The van der Waals surface area contributed by atoms with Crippen LogP contribution in [0.25, 0.3) is 38.6 Å². The molecule has 0 amide bonds. The molecule has 0 bridgehead atoms. The fourth-order valence-electron chi connectivity index (χ4n) is 5.50. The number of hydrogen-bond acceptors (Lipinski definition) is 2. The van der Waals surface area contributed by atoms with Crippen LogP contribution in [-0.4, -0.2) is 4.57 Å². The van der Waals surface area contributed by atoms with E-state index >= 15 is 0 Å². The van der Waals surface area contributed by atoms with E-state index in [1.165, 1.54) is 0 Å². The van der Waals surface area contributed by atoms with Gasteiger partial charge in [-0.1, -0.05) is 84.9 Å². The third-order valence-electron chi connectivity index (χ3n) is 7.37. The van der Waals surface area contributed by atoms with Gasteiger partial charge in [0.1, 0.15) is 0 Å². The van der Waals surface area contributed by atoms with E-state index in [9.17, 15) is 4.79 Å². The van der Waals surface area contributed by atoms with Crippen molar-refractivity contribution < 1.29 is 0 Å². The van der Waals surface area contributed by atoms with Gasteiger partial charge in [0, 0.05) is 33.5 Å². The molecule has 0 fully saturated rings. The Balaban J connectivity index is 1.33. The highest BCUT2D eigenvalue weighted by molar-refractivity contribution is 5.95. The number of hydrogen-bond donors (Lipinski definition) is 0. The Morgan fingerprint density at radius 1 is 0.425 bits per heavy atom. The maximum Gasteiger partial charge on any atom is 0.197 e. The van der Waals surface area contributed by atoms with Gasteiger partial charge in [-0.2, -0.15) is 0 Å². The van der Waals surface area contributed by atoms with Crippen LogP contribution in [0.3, 0.4) is 0 Å². The maximum absolute atomic E-state index is 13.2. The molecule has 3 heteroatoms. The maximum atomic E-state index is 13.2. The Kier molecular flexibility index (Phi) is 5.95. The lowest BCUT2D eigenvalue weighted by Crippen LogP contribution is -2.10. The zero-order valence-corrected chi connectivity index (χ0v) is 21.8. The molecule has 0 saturated heterocycles. The van der Waals surface area contributed by atoms with Gasteiger partial charge in [0.05, 0.1) is 11.0 Å². The Morgan fingerprint density at radius 2 is 0.925 bits per heavy atom. The summed E-state index contributed by atoms with van der Waals surface area (Å²) in [6, 6.07) is 53.8. The molecule has 40 heavy (non-hydrogen) atoms. The first-order valence-corrected chi connectivity index (χ1v) is 13.4. The molecule has 1 aromatic heterocycles. The summed E-state index contributed by atoms with van der Waals surface area (Å²) in [5.41, 5.74) is 8.44. The summed E-state index contributed by atoms with van der Waals surface area (Å²) in [4.78, 5) is 15.5. The van der Waals surface area contributed by atoms with Crippen molar-refractivity contribution in [3.05, 3.63) is 168 Å². The second-order valence-corrected chi connectivity index (χ2v) is 9.80. The molecule has 1 heterocycles. The zero-order valence-electron chi connectivity index (χ0n) is 21.8. The second-order valence-electron chi connectivity index (χ2n) is 9.80. The van der Waals surface area contributed by atoms with E-state index < -0.39 is 0 Å². The van der Waals surface area contributed by atoms with Crippen molar-refractivity contribution in [2.24, 2.45) is 0 Å². The highest BCUT2D eigenvalue weighted by Crippen LogP contribution is 2.35. The quantitative estimate of drug-likeness (QED) is 0.214. The highest BCUT2D eigenvalue weighted by Gasteiger charge is 2.14. The highest BCUT2D eigenvalue weighted by atomic mass is 16.1. The van der Waals surface area contributed by atoms with Crippen molar-refractivity contribution >= 4 is 38.9 Å². The van der Waals surface area contributed by atoms with Crippen molar-refractivity contribution in [2.75, 3.05) is 4.90 Å². The van der Waals surface area contributed by atoms with Gasteiger partial charge in [0.15, 0.2) is 5.43 Å². The van der Waals surface area contributed by atoms with Crippen molar-refractivity contribution in [1.82, 2.24) is 4.57 Å². The standard InChI is InChI=1S/C37H26N2O/c40-37-33-18-7-9-20-35(33)39(36-21-10-8-19-34(36)37)32-17-11-12-28(26-32)27-22-24-31(25-23-27)38(29-13-3-1-4-14-29)30-15-5-2-6-16-30/h1-26H. The van der Waals surface area contributed by atoms with Crippen LogP contribution in [0.2, 0.25) is 0 Å². The number of fused-ring (bicyclic) bond motifs is 2. The first kappa shape index (κ1) is 23.7. The first-order chi connectivity index (χ1) is 19.8. The van der Waals surface area contributed by atoms with E-state index in [2.05, 4.69) is 107 Å². The van der Waals surface area contributed by atoms with Crippen molar-refractivity contribution in [2.45, 2.75) is 0 Å². The number of aromatic nitrogens is 1. The van der Waals surface area contributed by atoms with E-state index in [1.54, 1.807) is 0 Å². The van der Waals surface area contributed by atoms with Crippen molar-refractivity contribution in [3.8, 4) is 16.8 Å². The molecule has 3 nitrogen and oxygen atoms in total. The van der Waals surface area contributed by atoms with Gasteiger partial charge < -0.3 is 9.47 Å². The number of nitrogens with zero attached hydrogens (tertiary/aromatic N) is 2. The van der Waals surface area contributed by atoms with Gasteiger partial charge in [-0.3, -0.25) is 4.79 Å². The largest absolute Gasteiger partial charge is 0.311 e. The monoisotopic (exact) mass is 514 g/mol. The Labute approximate surface area is 232 Å². The molecule has 0 aliphatic rings. The molecule has 0 spiro atoms. The average Bonchev–Trinajstić information content (AvgIpc) is 3.03. The number of rotatable bonds is 5. The molecule has 0 N–H and O–H groups in total. The summed E-state index contributed by atoms with van der Waals surface area (Å²) >= 11 is 0. The summed E-state index contributed by atoms with van der Waals surface area (Å²) in [6.45, 7) is 0. The third kappa shape index (κ3) is 4.14. The molecule has 190 valence electrons. The smallest absolute Gasteiger partial charge is 0.197 e. The fraction of sp³-hybridized carbons (Fsp3) is 0. The minimum Gasteiger partial charge on any atom is -0.311 e. The number of benzene rings is 6. The van der Waals surface area contributed by atoms with Gasteiger partial charge in [-0.25, -0.2) is 0 Å². The molecule has 0 saturated carbocycles. The minimum atomic E-state index is 0.0654. The van der Waals surface area contributed by atoms with E-state index in [0.717, 1.165) is 55.7 Å². The normalized spacial score (nSPS) is 11.1. The van der Waals surface area contributed by atoms with E-state index in [-0.39, 0.29) is 5.43 Å². The van der Waals surface area contributed by atoms with E-state index in [4.69, 9.17) is 0 Å². The molecule has 0 aliphatic carbocycles. The van der Waals surface area contributed by atoms with Crippen LogP contribution in [0.5, 0.6) is 0 Å². The van der Waals surface area contributed by atoms with Gasteiger partial charge in [-0.15, -0.1) is 0 Å². The van der Waals surface area contributed by atoms with E-state index in [0.29, 0.717) is 0 Å². The first-order valence-electron chi connectivity index (χ1n) is 13.4. The number of pyridine rings is 1. The Bertz CT molecular complexity index is 1910. The summed E-state index contributed by atoms with van der Waals surface area (Å²) in [6.07, 6.45) is 0. The minimum absolute atomic E-state index is 0.0654. The fourth-order valence-corrected chi connectivity index (χ4v) is 5.50. The topological polar surface area (TPSA) is 25.2 Å². The molecule has 0 radical (unpaired) electrons. The zero-order chi connectivity index (χ0) is 26.9. The van der Waals surface area contributed by atoms with E-state index in [1.807, 2.05) is 60.7 Å². The number of anilines is 3. The second kappa shape index (κ2) is 10.0. The summed E-state index contributed by atoms with van der Waals surface area (Å²) in [5.74, 6) is 0. The van der Waals surface area contributed by atoms with Crippen LogP contribution in [-0.2, 0) is 0 Å². The van der Waals surface area contributed by atoms with Crippen LogP contribution >= 0.6 is 0 Å². The predicted octanol–water partition coefficient (Wildman–Crippen LogP) is 9.28. The molecule has 0 atom stereocenters. The van der Waals surface area contributed by atoms with Gasteiger partial charge >= 0.3 is 0 Å². The van der Waals surface area contributed by atoms with Crippen LogP contribution < -0.4 is 10.3 Å². The SMILES string of the molecule is O=c1c2ccccc2n(-c2cccc(-c3ccc(N(c4ccccc4)c4ccccc4)cc3)c2)c2ccccc12. The van der Waals surface area contributed by atoms with Gasteiger partial charge in [0.2, 0.25) is 0 Å². The average molecular weight is 515 g/mol. The Hall–Kier alpha value is -5.41. The van der Waals surface area contributed by atoms with Crippen LogP contribution in [0.4, 0.5) is 17.1 Å². The molecule has 0 aliphatic heterocycles. The van der Waals surface area contributed by atoms with Crippen LogP contribution in [0, 0.1) is 0 Å². The summed E-state index contributed by atoms with van der Waals surface area (Å²) in [7, 11) is 0. The van der Waals surface area contributed by atoms with Gasteiger partial charge in [-0.05, 0) is 83.9 Å². The van der Waals surface area contributed by atoms with Crippen molar-refractivity contribution in [1.29, 1.82) is 0 Å². The molecule has 7 aromatic rings. The van der Waals surface area contributed by atoms with Gasteiger partial charge in [0.25, 0.3) is 0 Å². The Morgan fingerprint density at radius 3 is 1.50 bits per heavy atom. The molecule has 0 unspecified atom stereocenters. The molecule has 6 aromatic carbocycles. The lowest BCUT2D eigenvalue weighted by Gasteiger charge is -2.25. The lowest BCUT2D eigenvalue weighted by atomic mass is 10.0. The molecular formula is C37H26N2O. The summed E-state index contributed by atoms with van der Waals surface area (Å²) < 4.78 is 2.19. The summed E-state index contributed by atoms with van der Waals surface area (Å²) in [5, 5.41) is 1.44. The van der Waals surface area contributed by atoms with Crippen molar-refractivity contribution in [3.63, 3.8) is 0 Å². The van der Waals surface area contributed by atoms with Crippen LogP contribution in [0.1, 0.15) is 0 Å². The van der Waals surface area contributed by atoms with Crippen LogP contribution in [0.15, 0.2) is 163 Å². The lowest BCUT2D eigenvalue weighted by molar-refractivity contribution is 1.16. The predicted molar refractivity (Wildman–Crippen MR) is 167 cm³/mol. The molecular weight excluding hydrogens is 488 g/mol. The molecule has 7 rings (SSSR count).